The van der Waals surface area contributed by atoms with E-state index in [0.717, 1.165) is 0 Å². The van der Waals surface area contributed by atoms with E-state index in [0.29, 0.717) is 23.4 Å². The lowest BCUT2D eigenvalue weighted by Gasteiger charge is -2.28. The first kappa shape index (κ1) is 13.2. The van der Waals surface area contributed by atoms with Crippen LogP contribution in [0, 0.1) is 5.92 Å². The summed E-state index contributed by atoms with van der Waals surface area (Å²) < 4.78 is 7.63. The Labute approximate surface area is 115 Å². The first-order valence-electron chi connectivity index (χ1n) is 6.44. The third kappa shape index (κ3) is 1.76. The van der Waals surface area contributed by atoms with Crippen molar-refractivity contribution in [1.82, 2.24) is 19.5 Å². The van der Waals surface area contributed by atoms with E-state index in [9.17, 15) is 10.2 Å². The van der Waals surface area contributed by atoms with Crippen LogP contribution in [0.4, 0.5) is 5.82 Å². The number of nitrogens with zero attached hydrogens (tertiary/aromatic N) is 4. The van der Waals surface area contributed by atoms with E-state index in [1.54, 1.807) is 10.9 Å². The van der Waals surface area contributed by atoms with Crippen molar-refractivity contribution in [3.63, 3.8) is 0 Å². The van der Waals surface area contributed by atoms with Crippen molar-refractivity contribution in [3.8, 4) is 0 Å². The number of rotatable bonds is 3. The van der Waals surface area contributed by atoms with E-state index in [1.165, 1.54) is 6.33 Å². The summed E-state index contributed by atoms with van der Waals surface area (Å²) in [5.74, 6) is 0.328. The van der Waals surface area contributed by atoms with Crippen molar-refractivity contribution < 1.29 is 14.9 Å². The molecule has 0 aromatic carbocycles. The molecule has 0 aliphatic carbocycles. The second-order valence-electron chi connectivity index (χ2n) is 5.17. The molecule has 4 N–H and O–H groups in total. The molecule has 3 heterocycles. The standard InChI is InChI=1S/C12H17N5O3/c1-7-2-8(20-12(7,3-18)4-19)17-6-16-9-10(13)14-5-15-11(9)17/h5-8,18-19H,2-4H2,1H3,(H2,13,14,15)/t7-,8+/m0/s1. The van der Waals surface area contributed by atoms with Crippen LogP contribution in [0.5, 0.6) is 0 Å². The second kappa shape index (κ2) is 4.65. The van der Waals surface area contributed by atoms with Gasteiger partial charge in [-0.15, -0.1) is 0 Å². The van der Waals surface area contributed by atoms with E-state index in [4.69, 9.17) is 10.5 Å². The van der Waals surface area contributed by atoms with Gasteiger partial charge in [0.1, 0.15) is 23.7 Å². The van der Waals surface area contributed by atoms with E-state index < -0.39 is 5.60 Å². The molecule has 108 valence electrons. The maximum atomic E-state index is 9.50. The van der Waals surface area contributed by atoms with Crippen molar-refractivity contribution in [3.05, 3.63) is 12.7 Å². The summed E-state index contributed by atoms with van der Waals surface area (Å²) in [4.78, 5) is 12.3. The molecule has 0 unspecified atom stereocenters. The number of nitrogens with two attached hydrogens (primary N) is 1. The molecule has 20 heavy (non-hydrogen) atoms. The first-order valence-corrected chi connectivity index (χ1v) is 6.44. The van der Waals surface area contributed by atoms with Gasteiger partial charge in [-0.2, -0.15) is 0 Å². The number of aliphatic hydroxyl groups excluding tert-OH is 2. The smallest absolute Gasteiger partial charge is 0.167 e. The quantitative estimate of drug-likeness (QED) is 0.704. The van der Waals surface area contributed by atoms with Crippen LogP contribution >= 0.6 is 0 Å². The molecule has 2 aromatic heterocycles. The van der Waals surface area contributed by atoms with Gasteiger partial charge in [0.2, 0.25) is 0 Å². The Morgan fingerprint density at radius 3 is 2.80 bits per heavy atom. The van der Waals surface area contributed by atoms with Crippen LogP contribution in [-0.4, -0.2) is 48.5 Å². The summed E-state index contributed by atoms with van der Waals surface area (Å²) >= 11 is 0. The lowest BCUT2D eigenvalue weighted by Crippen LogP contribution is -2.42. The Kier molecular flexibility index (Phi) is 3.08. The third-order valence-electron chi connectivity index (χ3n) is 4.06. The maximum Gasteiger partial charge on any atom is 0.167 e. The highest BCUT2D eigenvalue weighted by Crippen LogP contribution is 2.41. The zero-order valence-electron chi connectivity index (χ0n) is 11.1. The summed E-state index contributed by atoms with van der Waals surface area (Å²) in [6.45, 7) is 1.48. The second-order valence-corrected chi connectivity index (χ2v) is 5.17. The van der Waals surface area contributed by atoms with Crippen molar-refractivity contribution in [1.29, 1.82) is 0 Å². The number of fused-ring (bicyclic) bond motifs is 1. The first-order chi connectivity index (χ1) is 9.61. The molecule has 0 spiro atoms. The number of nitrogen functional groups attached to an aromatic ring is 1. The predicted octanol–water partition coefficient (Wildman–Crippen LogP) is -0.313. The Bertz CT molecular complexity index is 625. The fourth-order valence-electron chi connectivity index (χ4n) is 2.64. The van der Waals surface area contributed by atoms with Crippen LogP contribution in [0.3, 0.4) is 0 Å². The van der Waals surface area contributed by atoms with E-state index in [1.807, 2.05) is 6.92 Å². The van der Waals surface area contributed by atoms with Gasteiger partial charge in [0.25, 0.3) is 0 Å². The van der Waals surface area contributed by atoms with Gasteiger partial charge in [-0.05, 0) is 12.3 Å². The van der Waals surface area contributed by atoms with Gasteiger partial charge in [0.05, 0.1) is 19.5 Å². The van der Waals surface area contributed by atoms with Gasteiger partial charge in [0, 0.05) is 0 Å². The van der Waals surface area contributed by atoms with Gasteiger partial charge in [-0.3, -0.25) is 4.57 Å². The summed E-state index contributed by atoms with van der Waals surface area (Å²) in [6, 6.07) is 0. The van der Waals surface area contributed by atoms with Gasteiger partial charge in [-0.1, -0.05) is 6.92 Å². The van der Waals surface area contributed by atoms with Crippen molar-refractivity contribution in [2.45, 2.75) is 25.2 Å². The van der Waals surface area contributed by atoms with Crippen molar-refractivity contribution in [2.75, 3.05) is 18.9 Å². The average molecular weight is 279 g/mol. The number of anilines is 1. The Hall–Kier alpha value is -1.77. The van der Waals surface area contributed by atoms with Crippen molar-refractivity contribution in [2.24, 2.45) is 5.92 Å². The molecule has 8 heteroatoms. The molecule has 2 aromatic rings. The number of hydrogen-bond donors (Lipinski definition) is 3. The topological polar surface area (TPSA) is 119 Å². The number of imidazole rings is 1. The Balaban J connectivity index is 1.99. The van der Waals surface area contributed by atoms with Crippen LogP contribution in [0.25, 0.3) is 11.2 Å². The van der Waals surface area contributed by atoms with Gasteiger partial charge in [-0.25, -0.2) is 15.0 Å². The molecule has 1 aliphatic rings. The number of aliphatic hydroxyl groups is 2. The minimum absolute atomic E-state index is 0.0131. The molecule has 2 atom stereocenters. The van der Waals surface area contributed by atoms with E-state index in [2.05, 4.69) is 15.0 Å². The highest BCUT2D eigenvalue weighted by atomic mass is 16.6. The summed E-state index contributed by atoms with van der Waals surface area (Å²) in [7, 11) is 0. The zero-order chi connectivity index (χ0) is 14.3. The predicted molar refractivity (Wildman–Crippen MR) is 70.5 cm³/mol. The Morgan fingerprint density at radius 1 is 1.40 bits per heavy atom. The SMILES string of the molecule is C[C@H]1C[C@H](n2cnc3c(N)ncnc32)OC1(CO)CO. The molecule has 0 bridgehead atoms. The molecule has 3 rings (SSSR count). The fourth-order valence-corrected chi connectivity index (χ4v) is 2.64. The van der Waals surface area contributed by atoms with Gasteiger partial charge < -0.3 is 20.7 Å². The summed E-state index contributed by atoms with van der Waals surface area (Å²) in [5, 5.41) is 19.0. The highest BCUT2D eigenvalue weighted by molar-refractivity contribution is 5.81. The average Bonchev–Trinajstić information content (AvgIpc) is 3.01. The largest absolute Gasteiger partial charge is 0.393 e. The monoisotopic (exact) mass is 279 g/mol. The highest BCUT2D eigenvalue weighted by Gasteiger charge is 2.46. The lowest BCUT2D eigenvalue weighted by molar-refractivity contribution is -0.132. The van der Waals surface area contributed by atoms with Gasteiger partial charge >= 0.3 is 0 Å². The van der Waals surface area contributed by atoms with Crippen LogP contribution in [0.2, 0.25) is 0 Å². The molecule has 0 radical (unpaired) electrons. The maximum absolute atomic E-state index is 9.50. The zero-order valence-corrected chi connectivity index (χ0v) is 11.1. The fraction of sp³-hybridized carbons (Fsp3) is 0.583. The molecular weight excluding hydrogens is 262 g/mol. The van der Waals surface area contributed by atoms with E-state index >= 15 is 0 Å². The molecule has 0 amide bonds. The summed E-state index contributed by atoms with van der Waals surface area (Å²) in [6.07, 6.45) is 3.28. The molecule has 1 fully saturated rings. The molecule has 0 saturated carbocycles. The molecular formula is C12H17N5O3. The number of aromatic nitrogens is 4. The third-order valence-corrected chi connectivity index (χ3v) is 4.06. The summed E-state index contributed by atoms with van der Waals surface area (Å²) in [5.41, 5.74) is 5.93. The van der Waals surface area contributed by atoms with Crippen LogP contribution < -0.4 is 5.73 Å². The van der Waals surface area contributed by atoms with Crippen LogP contribution in [0.15, 0.2) is 12.7 Å². The van der Waals surface area contributed by atoms with Gasteiger partial charge in [0.15, 0.2) is 11.5 Å². The van der Waals surface area contributed by atoms with Crippen LogP contribution in [0.1, 0.15) is 19.6 Å². The Morgan fingerprint density at radius 2 is 2.15 bits per heavy atom. The molecule has 8 nitrogen and oxygen atoms in total. The van der Waals surface area contributed by atoms with Crippen LogP contribution in [-0.2, 0) is 4.74 Å². The number of ether oxygens (including phenoxy) is 1. The molecule has 1 aliphatic heterocycles. The molecule has 1 saturated heterocycles. The minimum Gasteiger partial charge on any atom is -0.393 e. The lowest BCUT2D eigenvalue weighted by atomic mass is 9.90. The number of hydrogen-bond acceptors (Lipinski definition) is 7. The normalized spacial score (nSPS) is 25.4. The minimum atomic E-state index is -0.931. The van der Waals surface area contributed by atoms with Crippen molar-refractivity contribution >= 4 is 17.0 Å². The van der Waals surface area contributed by atoms with E-state index in [-0.39, 0.29) is 25.4 Å².